The van der Waals surface area contributed by atoms with Crippen molar-refractivity contribution in [3.05, 3.63) is 65.7 Å². The number of nitrogens with zero attached hydrogens (tertiary/aromatic N) is 2. The number of rotatable bonds is 2. The van der Waals surface area contributed by atoms with Crippen molar-refractivity contribution >= 4 is 5.84 Å². The van der Waals surface area contributed by atoms with Crippen molar-refractivity contribution in [3.63, 3.8) is 0 Å². The van der Waals surface area contributed by atoms with Gasteiger partial charge in [0, 0.05) is 25.0 Å². The van der Waals surface area contributed by atoms with E-state index in [-0.39, 0.29) is 0 Å². The van der Waals surface area contributed by atoms with E-state index in [9.17, 15) is 0 Å². The van der Waals surface area contributed by atoms with E-state index in [1.807, 2.05) is 36.7 Å². The van der Waals surface area contributed by atoms with Gasteiger partial charge in [0.05, 0.1) is 0 Å². The molecule has 2 heterocycles. The minimum Gasteiger partial charge on any atom is -0.457 e. The third-order valence-corrected chi connectivity index (χ3v) is 3.16. The van der Waals surface area contributed by atoms with E-state index in [0.717, 1.165) is 29.5 Å². The quantitative estimate of drug-likeness (QED) is 0.806. The van der Waals surface area contributed by atoms with Crippen molar-refractivity contribution in [2.45, 2.75) is 13.8 Å². The summed E-state index contributed by atoms with van der Waals surface area (Å²) in [5.74, 6) is 2.63. The van der Waals surface area contributed by atoms with Crippen LogP contribution in [0.3, 0.4) is 0 Å². The van der Waals surface area contributed by atoms with E-state index < -0.39 is 0 Å². The molecule has 0 saturated heterocycles. The van der Waals surface area contributed by atoms with Crippen LogP contribution < -0.4 is 4.74 Å². The van der Waals surface area contributed by atoms with E-state index in [1.54, 1.807) is 0 Å². The van der Waals surface area contributed by atoms with Gasteiger partial charge in [0.2, 0.25) is 0 Å². The molecule has 3 rings (SSSR count). The van der Waals surface area contributed by atoms with Crippen LogP contribution in [0, 0.1) is 13.8 Å². The van der Waals surface area contributed by atoms with E-state index in [1.165, 1.54) is 5.56 Å². The average molecular weight is 252 g/mol. The predicted octanol–water partition coefficient (Wildman–Crippen LogP) is 3.32. The molecule has 0 unspecified atom stereocenters. The van der Waals surface area contributed by atoms with Gasteiger partial charge in [-0.2, -0.15) is 0 Å². The molecular weight excluding hydrogens is 236 g/mol. The lowest BCUT2D eigenvalue weighted by Gasteiger charge is -2.24. The second-order valence-electron chi connectivity index (χ2n) is 4.76. The number of ether oxygens (including phenoxy) is 1. The minimum absolute atomic E-state index is 0.817. The van der Waals surface area contributed by atoms with Gasteiger partial charge in [-0.05, 0) is 37.6 Å². The maximum Gasteiger partial charge on any atom is 0.136 e. The molecule has 1 aromatic carbocycles. The van der Waals surface area contributed by atoms with E-state index >= 15 is 0 Å². The van der Waals surface area contributed by atoms with Crippen molar-refractivity contribution < 1.29 is 4.74 Å². The van der Waals surface area contributed by atoms with E-state index in [0.29, 0.717) is 0 Å². The molecule has 0 radical (unpaired) electrons. The second kappa shape index (κ2) is 4.76. The first-order valence-electron chi connectivity index (χ1n) is 6.37. The average Bonchev–Trinajstić information content (AvgIpc) is 2.42. The number of allylic oxidation sites excluding steroid dienone is 1. The summed E-state index contributed by atoms with van der Waals surface area (Å²) < 4.78 is 5.93. The smallest absolute Gasteiger partial charge is 0.136 e. The normalized spacial score (nSPS) is 16.8. The lowest BCUT2D eigenvalue weighted by molar-refractivity contribution is 0.434. The number of aliphatic imine (C=N–C) groups is 1. The zero-order valence-corrected chi connectivity index (χ0v) is 11.1. The van der Waals surface area contributed by atoms with Crippen molar-refractivity contribution in [2.24, 2.45) is 4.99 Å². The van der Waals surface area contributed by atoms with Crippen LogP contribution in [-0.2, 0) is 0 Å². The van der Waals surface area contributed by atoms with Gasteiger partial charge in [0.15, 0.2) is 0 Å². The van der Waals surface area contributed by atoms with Crippen molar-refractivity contribution in [1.29, 1.82) is 0 Å². The summed E-state index contributed by atoms with van der Waals surface area (Å²) in [6.45, 7) is 5.00. The largest absolute Gasteiger partial charge is 0.457 e. The van der Waals surface area contributed by atoms with Crippen molar-refractivity contribution in [3.8, 4) is 5.75 Å². The van der Waals surface area contributed by atoms with Gasteiger partial charge in [-0.3, -0.25) is 0 Å². The molecule has 0 saturated carbocycles. The SMILES string of the molecule is Cc1ccc(OC2=CC3=NC=CCN3C=C2)c(C)c1. The number of hydrogen-bond donors (Lipinski definition) is 0. The van der Waals surface area contributed by atoms with Crippen LogP contribution in [0.5, 0.6) is 5.75 Å². The first-order valence-corrected chi connectivity index (χ1v) is 6.37. The summed E-state index contributed by atoms with van der Waals surface area (Å²) in [4.78, 5) is 6.41. The molecule has 0 N–H and O–H groups in total. The molecule has 0 aromatic heterocycles. The maximum absolute atomic E-state index is 5.93. The topological polar surface area (TPSA) is 24.8 Å². The summed E-state index contributed by atoms with van der Waals surface area (Å²) in [6.07, 6.45) is 9.79. The highest BCUT2D eigenvalue weighted by molar-refractivity contribution is 5.96. The molecule has 3 heteroatoms. The van der Waals surface area contributed by atoms with Gasteiger partial charge in [0.1, 0.15) is 17.3 Å². The zero-order chi connectivity index (χ0) is 13.2. The Morgan fingerprint density at radius 3 is 3.00 bits per heavy atom. The highest BCUT2D eigenvalue weighted by Gasteiger charge is 2.14. The minimum atomic E-state index is 0.817. The fourth-order valence-corrected chi connectivity index (χ4v) is 2.16. The molecule has 2 aliphatic rings. The molecule has 96 valence electrons. The van der Waals surface area contributed by atoms with Crippen molar-refractivity contribution in [2.75, 3.05) is 6.54 Å². The molecule has 0 spiro atoms. The molecule has 19 heavy (non-hydrogen) atoms. The molecule has 0 aliphatic carbocycles. The lowest BCUT2D eigenvalue weighted by atomic mass is 10.1. The monoisotopic (exact) mass is 252 g/mol. The Morgan fingerprint density at radius 2 is 2.16 bits per heavy atom. The molecule has 0 atom stereocenters. The second-order valence-corrected chi connectivity index (χ2v) is 4.76. The number of hydrogen-bond acceptors (Lipinski definition) is 3. The Bertz CT molecular complexity index is 624. The van der Waals surface area contributed by atoms with Crippen LogP contribution >= 0.6 is 0 Å². The Morgan fingerprint density at radius 1 is 1.26 bits per heavy atom. The fraction of sp³-hybridized carbons (Fsp3) is 0.188. The van der Waals surface area contributed by atoms with Crippen LogP contribution in [0.2, 0.25) is 0 Å². The zero-order valence-electron chi connectivity index (χ0n) is 11.1. The van der Waals surface area contributed by atoms with Gasteiger partial charge in [-0.15, -0.1) is 0 Å². The lowest BCUT2D eigenvalue weighted by Crippen LogP contribution is -2.28. The first kappa shape index (κ1) is 11.8. The van der Waals surface area contributed by atoms with Crippen LogP contribution in [-0.4, -0.2) is 17.3 Å². The molecule has 0 amide bonds. The highest BCUT2D eigenvalue weighted by atomic mass is 16.5. The fourth-order valence-electron chi connectivity index (χ4n) is 2.16. The Kier molecular flexibility index (Phi) is 2.95. The highest BCUT2D eigenvalue weighted by Crippen LogP contribution is 2.23. The number of aryl methyl sites for hydroxylation is 2. The molecule has 3 nitrogen and oxygen atoms in total. The Balaban J connectivity index is 1.84. The van der Waals surface area contributed by atoms with Gasteiger partial charge in [-0.1, -0.05) is 17.7 Å². The van der Waals surface area contributed by atoms with Gasteiger partial charge < -0.3 is 9.64 Å². The Hall–Kier alpha value is -2.29. The van der Waals surface area contributed by atoms with Crippen LogP contribution in [0.25, 0.3) is 0 Å². The molecule has 2 aliphatic heterocycles. The summed E-state index contributed by atoms with van der Waals surface area (Å²) >= 11 is 0. The first-order chi connectivity index (χ1) is 9.22. The maximum atomic E-state index is 5.93. The summed E-state index contributed by atoms with van der Waals surface area (Å²) in [7, 11) is 0. The van der Waals surface area contributed by atoms with Crippen molar-refractivity contribution in [1.82, 2.24) is 4.90 Å². The predicted molar refractivity (Wildman–Crippen MR) is 77.0 cm³/mol. The van der Waals surface area contributed by atoms with Crippen LogP contribution in [0.4, 0.5) is 0 Å². The van der Waals surface area contributed by atoms with Crippen LogP contribution in [0.15, 0.2) is 59.6 Å². The summed E-state index contributed by atoms with van der Waals surface area (Å²) in [6, 6.07) is 6.19. The summed E-state index contributed by atoms with van der Waals surface area (Å²) in [5, 5.41) is 0. The number of amidine groups is 1. The molecule has 1 aromatic rings. The van der Waals surface area contributed by atoms with E-state index in [4.69, 9.17) is 4.74 Å². The van der Waals surface area contributed by atoms with Crippen LogP contribution in [0.1, 0.15) is 11.1 Å². The molecule has 0 fully saturated rings. The third-order valence-electron chi connectivity index (χ3n) is 3.16. The molecule has 0 bridgehead atoms. The number of fused-ring (bicyclic) bond motifs is 1. The standard InChI is InChI=1S/C16H16N2O/c1-12-4-5-15(13(2)10-12)19-14-6-9-18-8-3-7-17-16(18)11-14/h3-7,9-11H,8H2,1-2H3. The van der Waals surface area contributed by atoms with E-state index in [2.05, 4.69) is 35.9 Å². The third kappa shape index (κ3) is 2.45. The Labute approximate surface area is 113 Å². The number of benzene rings is 1. The molecular formula is C16H16N2O. The summed E-state index contributed by atoms with van der Waals surface area (Å²) in [5.41, 5.74) is 2.38. The van der Waals surface area contributed by atoms with Gasteiger partial charge >= 0.3 is 0 Å². The van der Waals surface area contributed by atoms with Gasteiger partial charge in [-0.25, -0.2) is 4.99 Å². The van der Waals surface area contributed by atoms with Gasteiger partial charge in [0.25, 0.3) is 0 Å².